The van der Waals surface area contributed by atoms with Gasteiger partial charge >= 0.3 is 0 Å². The molecule has 0 saturated heterocycles. The lowest BCUT2D eigenvalue weighted by Gasteiger charge is -2.19. The number of halogens is 2. The summed E-state index contributed by atoms with van der Waals surface area (Å²) in [5.74, 6) is 0.247. The molecule has 0 aromatic heterocycles. The van der Waals surface area contributed by atoms with Gasteiger partial charge in [0.2, 0.25) is 0 Å². The van der Waals surface area contributed by atoms with E-state index in [1.807, 2.05) is 36.4 Å². The van der Waals surface area contributed by atoms with Crippen molar-refractivity contribution in [1.82, 2.24) is 0 Å². The molecule has 0 bridgehead atoms. The molecule has 3 aromatic rings. The Morgan fingerprint density at radius 1 is 1.00 bits per heavy atom. The Labute approximate surface area is 201 Å². The zero-order valence-corrected chi connectivity index (χ0v) is 19.9. The van der Waals surface area contributed by atoms with Gasteiger partial charge in [0.1, 0.15) is 17.3 Å². The van der Waals surface area contributed by atoms with Gasteiger partial charge in [0.05, 0.1) is 17.9 Å². The van der Waals surface area contributed by atoms with Crippen LogP contribution in [0.3, 0.4) is 0 Å². The highest BCUT2D eigenvalue weighted by Gasteiger charge is 2.33. The highest BCUT2D eigenvalue weighted by atomic mass is 79.9. The highest BCUT2D eigenvalue weighted by molar-refractivity contribution is 9.10. The average Bonchev–Trinajstić information content (AvgIpc) is 3.14. The van der Waals surface area contributed by atoms with Gasteiger partial charge in [-0.05, 0) is 66.6 Å². The summed E-state index contributed by atoms with van der Waals surface area (Å²) in [6.07, 6.45) is 4.96. The molecule has 0 N–H and O–H groups in total. The number of rotatable bonds is 8. The molecule has 168 valence electrons. The number of hydrogen-bond acceptors (Lipinski definition) is 3. The first-order valence-electron chi connectivity index (χ1n) is 10.9. The van der Waals surface area contributed by atoms with Gasteiger partial charge in [0, 0.05) is 4.47 Å². The number of amidine groups is 1. The van der Waals surface area contributed by atoms with Crippen molar-refractivity contribution in [2.45, 2.75) is 26.2 Å². The van der Waals surface area contributed by atoms with Crippen LogP contribution >= 0.6 is 15.9 Å². The molecule has 1 heterocycles. The van der Waals surface area contributed by atoms with Crippen LogP contribution in [0, 0.1) is 5.82 Å². The maximum atomic E-state index is 14.7. The summed E-state index contributed by atoms with van der Waals surface area (Å²) in [5, 5.41) is 0. The molecule has 1 aliphatic rings. The van der Waals surface area contributed by atoms with Gasteiger partial charge in [-0.3, -0.25) is 9.69 Å². The Morgan fingerprint density at radius 3 is 2.42 bits per heavy atom. The summed E-state index contributed by atoms with van der Waals surface area (Å²) >= 11 is 3.41. The van der Waals surface area contributed by atoms with E-state index in [0.29, 0.717) is 12.3 Å². The molecule has 1 aliphatic heterocycles. The Morgan fingerprint density at radius 2 is 1.73 bits per heavy atom. The number of benzene rings is 3. The van der Waals surface area contributed by atoms with E-state index in [1.165, 1.54) is 11.0 Å². The minimum absolute atomic E-state index is 0.246. The van der Waals surface area contributed by atoms with Crippen molar-refractivity contribution in [3.8, 4) is 5.75 Å². The third-order valence-electron chi connectivity index (χ3n) is 5.26. The summed E-state index contributed by atoms with van der Waals surface area (Å²) in [4.78, 5) is 19.4. The standard InChI is InChI=1S/C27H24BrFN2O2/c1-2-3-6-17-33-22-15-13-21(14-16-22)31-26(23-7-4-5-8-24(23)29)30-25(27(31)32)18-19-9-11-20(28)12-10-19/h4-5,7-16,18H,2-3,6,17H2,1H3. The van der Waals surface area contributed by atoms with Crippen molar-refractivity contribution in [2.24, 2.45) is 4.99 Å². The number of carbonyl (C=O) groups excluding carboxylic acids is 1. The number of aliphatic imine (C=N–C) groups is 1. The van der Waals surface area contributed by atoms with Crippen LogP contribution < -0.4 is 9.64 Å². The molecular formula is C27H24BrFN2O2. The summed E-state index contributed by atoms with van der Waals surface area (Å²) in [7, 11) is 0. The Bertz CT molecular complexity index is 1190. The van der Waals surface area contributed by atoms with Crippen molar-refractivity contribution >= 4 is 39.4 Å². The Balaban J connectivity index is 1.67. The molecular weight excluding hydrogens is 483 g/mol. The molecule has 4 rings (SSSR count). The normalized spacial score (nSPS) is 14.6. The van der Waals surface area contributed by atoms with E-state index in [-0.39, 0.29) is 23.0 Å². The highest BCUT2D eigenvalue weighted by Crippen LogP contribution is 2.30. The van der Waals surface area contributed by atoms with Crippen LogP contribution in [0.1, 0.15) is 37.3 Å². The molecule has 0 unspecified atom stereocenters. The summed E-state index contributed by atoms with van der Waals surface area (Å²) in [5.41, 5.74) is 1.94. The molecule has 3 aromatic carbocycles. The van der Waals surface area contributed by atoms with Crippen LogP contribution in [0.5, 0.6) is 5.75 Å². The van der Waals surface area contributed by atoms with Crippen LogP contribution in [-0.2, 0) is 4.79 Å². The fourth-order valence-electron chi connectivity index (χ4n) is 3.53. The smallest absolute Gasteiger partial charge is 0.282 e. The van der Waals surface area contributed by atoms with E-state index in [0.717, 1.165) is 35.0 Å². The SMILES string of the molecule is CCCCCOc1ccc(N2C(=O)C(=Cc3ccc(Br)cc3)N=C2c2ccccc2F)cc1. The second-order valence-corrected chi connectivity index (χ2v) is 8.60. The third-order valence-corrected chi connectivity index (χ3v) is 5.79. The van der Waals surface area contributed by atoms with Gasteiger partial charge in [-0.1, -0.05) is 60.0 Å². The maximum Gasteiger partial charge on any atom is 0.282 e. The minimum Gasteiger partial charge on any atom is -0.494 e. The molecule has 0 aliphatic carbocycles. The van der Waals surface area contributed by atoms with Gasteiger partial charge in [-0.15, -0.1) is 0 Å². The molecule has 4 nitrogen and oxygen atoms in total. The first-order valence-corrected chi connectivity index (χ1v) is 11.7. The lowest BCUT2D eigenvalue weighted by atomic mass is 10.1. The number of carbonyl (C=O) groups is 1. The Hall–Kier alpha value is -3.25. The van der Waals surface area contributed by atoms with Crippen LogP contribution in [0.2, 0.25) is 0 Å². The predicted molar refractivity (Wildman–Crippen MR) is 134 cm³/mol. The van der Waals surface area contributed by atoms with Crippen LogP contribution in [0.15, 0.2) is 88.0 Å². The molecule has 0 spiro atoms. The third kappa shape index (κ3) is 5.40. The maximum absolute atomic E-state index is 14.7. The van der Waals surface area contributed by atoms with E-state index >= 15 is 0 Å². The number of unbranched alkanes of at least 4 members (excludes halogenated alkanes) is 2. The summed E-state index contributed by atoms with van der Waals surface area (Å²) < 4.78 is 21.4. The van der Waals surface area contributed by atoms with Crippen molar-refractivity contribution < 1.29 is 13.9 Å². The van der Waals surface area contributed by atoms with E-state index in [4.69, 9.17) is 4.74 Å². The molecule has 0 atom stereocenters. The Kier molecular flexibility index (Phi) is 7.35. The van der Waals surface area contributed by atoms with Crippen molar-refractivity contribution in [3.63, 3.8) is 0 Å². The molecule has 1 amide bonds. The quantitative estimate of drug-likeness (QED) is 0.244. The second kappa shape index (κ2) is 10.6. The number of ether oxygens (including phenoxy) is 1. The van der Waals surface area contributed by atoms with E-state index < -0.39 is 5.82 Å². The van der Waals surface area contributed by atoms with Gasteiger partial charge in [-0.2, -0.15) is 0 Å². The number of hydrogen-bond donors (Lipinski definition) is 0. The molecule has 0 fully saturated rings. The van der Waals surface area contributed by atoms with Crippen LogP contribution in [-0.4, -0.2) is 18.3 Å². The predicted octanol–water partition coefficient (Wildman–Crippen LogP) is 6.99. The van der Waals surface area contributed by atoms with Crippen molar-refractivity contribution in [2.75, 3.05) is 11.5 Å². The number of amides is 1. The topological polar surface area (TPSA) is 41.9 Å². The van der Waals surface area contributed by atoms with Gasteiger partial charge in [-0.25, -0.2) is 9.38 Å². The molecule has 6 heteroatoms. The monoisotopic (exact) mass is 506 g/mol. The lowest BCUT2D eigenvalue weighted by Crippen LogP contribution is -2.33. The minimum atomic E-state index is -0.435. The molecule has 33 heavy (non-hydrogen) atoms. The van der Waals surface area contributed by atoms with Gasteiger partial charge < -0.3 is 4.74 Å². The second-order valence-electron chi connectivity index (χ2n) is 7.69. The fourth-order valence-corrected chi connectivity index (χ4v) is 3.79. The van der Waals surface area contributed by atoms with Gasteiger partial charge in [0.15, 0.2) is 5.84 Å². The lowest BCUT2D eigenvalue weighted by molar-refractivity contribution is -0.113. The van der Waals surface area contributed by atoms with Gasteiger partial charge in [0.25, 0.3) is 5.91 Å². The van der Waals surface area contributed by atoms with E-state index in [2.05, 4.69) is 27.8 Å². The summed E-state index contributed by atoms with van der Waals surface area (Å²) in [6, 6.07) is 21.1. The molecule has 0 saturated carbocycles. The fraction of sp³-hybridized carbons (Fsp3) is 0.185. The first-order chi connectivity index (χ1) is 16.1. The largest absolute Gasteiger partial charge is 0.494 e. The van der Waals surface area contributed by atoms with Crippen LogP contribution in [0.25, 0.3) is 6.08 Å². The van der Waals surface area contributed by atoms with E-state index in [1.54, 1.807) is 36.4 Å². The summed E-state index contributed by atoms with van der Waals surface area (Å²) in [6.45, 7) is 2.80. The average molecular weight is 507 g/mol. The van der Waals surface area contributed by atoms with Crippen molar-refractivity contribution in [1.29, 1.82) is 0 Å². The van der Waals surface area contributed by atoms with Crippen molar-refractivity contribution in [3.05, 3.63) is 99.9 Å². The van der Waals surface area contributed by atoms with Crippen LogP contribution in [0.4, 0.5) is 10.1 Å². The molecule has 0 radical (unpaired) electrons. The van der Waals surface area contributed by atoms with E-state index in [9.17, 15) is 9.18 Å². The zero-order chi connectivity index (χ0) is 23.2. The zero-order valence-electron chi connectivity index (χ0n) is 18.3. The number of anilines is 1. The number of nitrogens with zero attached hydrogens (tertiary/aromatic N) is 2. The first kappa shape index (κ1) is 22.9.